The van der Waals surface area contributed by atoms with E-state index in [1.807, 2.05) is 0 Å². The van der Waals surface area contributed by atoms with Gasteiger partial charge in [0.05, 0.1) is 24.3 Å². The molecular weight excluding hydrogens is 328 g/mol. The Morgan fingerprint density at radius 3 is 1.54 bits per heavy atom. The summed E-state index contributed by atoms with van der Waals surface area (Å²) in [6.07, 6.45) is 5.98. The fourth-order valence-electron chi connectivity index (χ4n) is 2.60. The van der Waals surface area contributed by atoms with Crippen molar-refractivity contribution in [1.82, 2.24) is 0 Å². The Kier molecular flexibility index (Phi) is 10.7. The molecule has 1 rings (SSSR count). The molecule has 0 saturated carbocycles. The van der Waals surface area contributed by atoms with Crippen LogP contribution in [0.25, 0.3) is 0 Å². The molecule has 0 aliphatic carbocycles. The van der Waals surface area contributed by atoms with Gasteiger partial charge in [-0.25, -0.2) is 9.59 Å². The molecule has 0 saturated heterocycles. The van der Waals surface area contributed by atoms with E-state index in [0.717, 1.165) is 38.5 Å². The Labute approximate surface area is 158 Å². The summed E-state index contributed by atoms with van der Waals surface area (Å²) < 4.78 is 10.7. The second-order valence-corrected chi connectivity index (χ2v) is 7.13. The van der Waals surface area contributed by atoms with Gasteiger partial charge in [0.1, 0.15) is 0 Å². The van der Waals surface area contributed by atoms with E-state index in [9.17, 15) is 9.59 Å². The third-order valence-electron chi connectivity index (χ3n) is 4.91. The fourth-order valence-corrected chi connectivity index (χ4v) is 2.60. The van der Waals surface area contributed by atoms with Crippen LogP contribution in [-0.2, 0) is 9.47 Å². The molecule has 1 aromatic rings. The van der Waals surface area contributed by atoms with E-state index in [1.54, 1.807) is 24.3 Å². The molecule has 2 unspecified atom stereocenters. The van der Waals surface area contributed by atoms with Crippen molar-refractivity contribution in [3.8, 4) is 0 Å². The van der Waals surface area contributed by atoms with Crippen molar-refractivity contribution in [2.45, 2.75) is 66.2 Å². The molecule has 0 fully saturated rings. The number of carbonyl (C=O) groups excluding carboxylic acids is 2. The summed E-state index contributed by atoms with van der Waals surface area (Å²) in [5.74, 6) is 0.348. The van der Waals surface area contributed by atoms with Crippen LogP contribution in [0.5, 0.6) is 0 Å². The second kappa shape index (κ2) is 12.5. The summed E-state index contributed by atoms with van der Waals surface area (Å²) in [5.41, 5.74) is 0.561. The first-order valence-corrected chi connectivity index (χ1v) is 9.92. The Morgan fingerprint density at radius 1 is 0.808 bits per heavy atom. The molecule has 1 aromatic carbocycles. The molecule has 146 valence electrons. The smallest absolute Gasteiger partial charge is 0.339 e. The van der Waals surface area contributed by atoms with Crippen molar-refractivity contribution in [1.29, 1.82) is 0 Å². The van der Waals surface area contributed by atoms with E-state index in [0.29, 0.717) is 25.0 Å². The maximum absolute atomic E-state index is 12.3. The lowest BCUT2D eigenvalue weighted by molar-refractivity contribution is 0.0447. The number of ether oxygens (including phenoxy) is 2. The summed E-state index contributed by atoms with van der Waals surface area (Å²) >= 11 is 0. The Balaban J connectivity index is 2.52. The number of carbonyl (C=O) groups is 2. The van der Waals surface area contributed by atoms with E-state index < -0.39 is 11.9 Å². The molecule has 0 N–H and O–H groups in total. The highest BCUT2D eigenvalue weighted by Crippen LogP contribution is 2.15. The third kappa shape index (κ3) is 8.03. The average molecular weight is 363 g/mol. The standard InChI is InChI=1S/C22H34O4/c1-5-17(3)11-9-15-25-21(23)19-13-7-8-14-20(19)22(24)26-16-10-12-18(4)6-2/h7-8,13-14,17-18H,5-6,9-12,15-16H2,1-4H3. The van der Waals surface area contributed by atoms with Gasteiger partial charge in [0.25, 0.3) is 0 Å². The molecule has 0 heterocycles. The second-order valence-electron chi connectivity index (χ2n) is 7.13. The highest BCUT2D eigenvalue weighted by molar-refractivity contribution is 6.03. The van der Waals surface area contributed by atoms with Crippen molar-refractivity contribution >= 4 is 11.9 Å². The van der Waals surface area contributed by atoms with Gasteiger partial charge in [-0.2, -0.15) is 0 Å². The van der Waals surface area contributed by atoms with Crippen molar-refractivity contribution in [2.24, 2.45) is 11.8 Å². The normalized spacial score (nSPS) is 13.1. The molecule has 0 amide bonds. The van der Waals surface area contributed by atoms with E-state index >= 15 is 0 Å². The van der Waals surface area contributed by atoms with Gasteiger partial charge in [-0.15, -0.1) is 0 Å². The zero-order valence-electron chi connectivity index (χ0n) is 16.8. The van der Waals surface area contributed by atoms with Gasteiger partial charge in [-0.05, 0) is 49.7 Å². The first-order valence-electron chi connectivity index (χ1n) is 9.92. The highest BCUT2D eigenvalue weighted by atomic mass is 16.5. The number of hydrogen-bond donors (Lipinski definition) is 0. The molecule has 2 atom stereocenters. The van der Waals surface area contributed by atoms with Gasteiger partial charge in [0.15, 0.2) is 0 Å². The molecule has 26 heavy (non-hydrogen) atoms. The predicted molar refractivity (Wildman–Crippen MR) is 104 cm³/mol. The number of esters is 2. The minimum absolute atomic E-state index is 0.281. The maximum atomic E-state index is 12.3. The Bertz CT molecular complexity index is 504. The maximum Gasteiger partial charge on any atom is 0.339 e. The number of hydrogen-bond acceptors (Lipinski definition) is 4. The van der Waals surface area contributed by atoms with Crippen LogP contribution in [0.3, 0.4) is 0 Å². The summed E-state index contributed by atoms with van der Waals surface area (Å²) in [5, 5.41) is 0. The highest BCUT2D eigenvalue weighted by Gasteiger charge is 2.19. The summed E-state index contributed by atoms with van der Waals surface area (Å²) in [6, 6.07) is 6.70. The van der Waals surface area contributed by atoms with Crippen LogP contribution in [0.1, 0.15) is 86.9 Å². The van der Waals surface area contributed by atoms with Gasteiger partial charge >= 0.3 is 11.9 Å². The molecule has 0 spiro atoms. The first kappa shape index (κ1) is 22.2. The summed E-state index contributed by atoms with van der Waals surface area (Å²) in [4.78, 5) is 24.6. The first-order chi connectivity index (χ1) is 12.5. The van der Waals surface area contributed by atoms with Crippen LogP contribution in [0.2, 0.25) is 0 Å². The summed E-state index contributed by atoms with van der Waals surface area (Å²) in [7, 11) is 0. The zero-order valence-corrected chi connectivity index (χ0v) is 16.8. The molecule has 4 heteroatoms. The molecule has 0 aliphatic heterocycles. The van der Waals surface area contributed by atoms with Gasteiger partial charge in [-0.3, -0.25) is 0 Å². The lowest BCUT2D eigenvalue weighted by Gasteiger charge is -2.12. The molecule has 0 aromatic heterocycles. The van der Waals surface area contributed by atoms with Crippen molar-refractivity contribution in [2.75, 3.05) is 13.2 Å². The zero-order chi connectivity index (χ0) is 19.4. The van der Waals surface area contributed by atoms with Crippen molar-refractivity contribution in [3.63, 3.8) is 0 Å². The third-order valence-corrected chi connectivity index (χ3v) is 4.91. The van der Waals surface area contributed by atoms with Crippen LogP contribution in [0.4, 0.5) is 0 Å². The summed E-state index contributed by atoms with van der Waals surface area (Å²) in [6.45, 7) is 9.44. The van der Waals surface area contributed by atoms with Crippen LogP contribution in [0, 0.1) is 11.8 Å². The quantitative estimate of drug-likeness (QED) is 0.356. The molecule has 0 aliphatic rings. The SMILES string of the molecule is CCC(C)CCCOC(=O)c1ccccc1C(=O)OCCCC(C)CC. The van der Waals surface area contributed by atoms with Crippen LogP contribution < -0.4 is 0 Å². The van der Waals surface area contributed by atoms with Crippen LogP contribution in [0.15, 0.2) is 24.3 Å². The molecule has 4 nitrogen and oxygen atoms in total. The van der Waals surface area contributed by atoms with Crippen LogP contribution >= 0.6 is 0 Å². The predicted octanol–water partition coefficient (Wildman–Crippen LogP) is 5.65. The number of rotatable bonds is 12. The van der Waals surface area contributed by atoms with Gasteiger partial charge < -0.3 is 9.47 Å². The van der Waals surface area contributed by atoms with Gasteiger partial charge in [-0.1, -0.05) is 52.7 Å². The monoisotopic (exact) mass is 362 g/mol. The van der Waals surface area contributed by atoms with Crippen molar-refractivity contribution < 1.29 is 19.1 Å². The van der Waals surface area contributed by atoms with E-state index in [2.05, 4.69) is 27.7 Å². The Hall–Kier alpha value is -1.84. The fraction of sp³-hybridized carbons (Fsp3) is 0.636. The van der Waals surface area contributed by atoms with E-state index in [-0.39, 0.29) is 11.1 Å². The minimum atomic E-state index is -0.457. The lowest BCUT2D eigenvalue weighted by atomic mass is 10.0. The number of benzene rings is 1. The van der Waals surface area contributed by atoms with E-state index in [4.69, 9.17) is 9.47 Å². The molecule has 0 radical (unpaired) electrons. The average Bonchev–Trinajstić information content (AvgIpc) is 2.67. The largest absolute Gasteiger partial charge is 0.462 e. The van der Waals surface area contributed by atoms with Gasteiger partial charge in [0, 0.05) is 0 Å². The Morgan fingerprint density at radius 2 is 1.19 bits per heavy atom. The van der Waals surface area contributed by atoms with E-state index in [1.165, 1.54) is 0 Å². The molecule has 0 bridgehead atoms. The minimum Gasteiger partial charge on any atom is -0.462 e. The van der Waals surface area contributed by atoms with Crippen molar-refractivity contribution in [3.05, 3.63) is 35.4 Å². The topological polar surface area (TPSA) is 52.6 Å². The van der Waals surface area contributed by atoms with Crippen LogP contribution in [-0.4, -0.2) is 25.2 Å². The lowest BCUT2D eigenvalue weighted by Crippen LogP contribution is -2.15. The molecular formula is C22H34O4. The van der Waals surface area contributed by atoms with Gasteiger partial charge in [0.2, 0.25) is 0 Å².